The van der Waals surface area contributed by atoms with Crippen LogP contribution in [0.4, 0.5) is 0 Å². The van der Waals surface area contributed by atoms with E-state index >= 15 is 0 Å². The Hall–Kier alpha value is -2.99. The Morgan fingerprint density at radius 1 is 1.00 bits per heavy atom. The number of nitrogens with one attached hydrogen (secondary N) is 1. The molecule has 0 aliphatic carbocycles. The van der Waals surface area contributed by atoms with Crippen molar-refractivity contribution in [2.75, 3.05) is 26.4 Å². The second kappa shape index (κ2) is 8.75. The summed E-state index contributed by atoms with van der Waals surface area (Å²) in [6.45, 7) is 3.39. The SMILES string of the molecule is O=C(Cc1c(-c2ccccc2)oc2cc3c(cc12)OCO3)NC[C@@H]1CCCN2CCCC[C@H]12. The topological polar surface area (TPSA) is 63.9 Å². The van der Waals surface area contributed by atoms with Crippen LogP contribution in [0.3, 0.4) is 0 Å². The number of carbonyl (C=O) groups is 1. The molecule has 2 fully saturated rings. The van der Waals surface area contributed by atoms with Crippen molar-refractivity contribution in [3.8, 4) is 22.8 Å². The van der Waals surface area contributed by atoms with Gasteiger partial charge in [0, 0.05) is 35.2 Å². The highest BCUT2D eigenvalue weighted by Crippen LogP contribution is 2.42. The highest BCUT2D eigenvalue weighted by molar-refractivity contribution is 5.94. The van der Waals surface area contributed by atoms with Crippen LogP contribution in [0.2, 0.25) is 0 Å². The van der Waals surface area contributed by atoms with Gasteiger partial charge >= 0.3 is 0 Å². The Balaban J connectivity index is 1.24. The number of piperidine rings is 2. The number of hydrogen-bond donors (Lipinski definition) is 1. The van der Waals surface area contributed by atoms with Crippen molar-refractivity contribution in [2.24, 2.45) is 5.92 Å². The summed E-state index contributed by atoms with van der Waals surface area (Å²) >= 11 is 0. The van der Waals surface area contributed by atoms with Crippen molar-refractivity contribution < 1.29 is 18.7 Å². The van der Waals surface area contributed by atoms with Gasteiger partial charge in [0.25, 0.3) is 0 Å². The minimum atomic E-state index is 0.0421. The van der Waals surface area contributed by atoms with Gasteiger partial charge in [-0.25, -0.2) is 0 Å². The molecule has 0 spiro atoms. The number of fused-ring (bicyclic) bond motifs is 3. The zero-order valence-electron chi connectivity index (χ0n) is 18.8. The summed E-state index contributed by atoms with van der Waals surface area (Å²) in [4.78, 5) is 15.8. The molecule has 0 unspecified atom stereocenters. The summed E-state index contributed by atoms with van der Waals surface area (Å²) in [7, 11) is 0. The second-order valence-corrected chi connectivity index (χ2v) is 9.46. The van der Waals surface area contributed by atoms with Gasteiger partial charge in [-0.1, -0.05) is 36.8 Å². The minimum Gasteiger partial charge on any atom is -0.456 e. The van der Waals surface area contributed by atoms with Crippen LogP contribution in [0.1, 0.15) is 37.7 Å². The summed E-state index contributed by atoms with van der Waals surface area (Å²) in [5.74, 6) is 2.71. The molecule has 0 saturated carbocycles. The van der Waals surface area contributed by atoms with Crippen LogP contribution in [0.5, 0.6) is 11.5 Å². The van der Waals surface area contributed by atoms with Crippen molar-refractivity contribution in [3.05, 3.63) is 48.0 Å². The van der Waals surface area contributed by atoms with E-state index in [2.05, 4.69) is 10.2 Å². The molecule has 3 aromatic rings. The van der Waals surface area contributed by atoms with E-state index in [-0.39, 0.29) is 19.1 Å². The Morgan fingerprint density at radius 2 is 1.82 bits per heavy atom. The lowest BCUT2D eigenvalue weighted by atomic mass is 9.83. The molecule has 1 aromatic heterocycles. The third-order valence-corrected chi connectivity index (χ3v) is 7.45. The van der Waals surface area contributed by atoms with Gasteiger partial charge in [-0.2, -0.15) is 0 Å². The summed E-state index contributed by atoms with van der Waals surface area (Å²) in [5.41, 5.74) is 2.57. The fourth-order valence-electron chi connectivity index (χ4n) is 5.82. The molecule has 33 heavy (non-hydrogen) atoms. The van der Waals surface area contributed by atoms with Gasteiger partial charge in [0.1, 0.15) is 11.3 Å². The van der Waals surface area contributed by atoms with Gasteiger partial charge in [-0.3, -0.25) is 4.79 Å². The van der Waals surface area contributed by atoms with Gasteiger partial charge in [-0.15, -0.1) is 0 Å². The lowest BCUT2D eigenvalue weighted by molar-refractivity contribution is -0.120. The molecule has 6 heteroatoms. The Bertz CT molecular complexity index is 1150. The van der Waals surface area contributed by atoms with Crippen LogP contribution in [0.15, 0.2) is 46.9 Å². The predicted molar refractivity (Wildman–Crippen MR) is 126 cm³/mol. The monoisotopic (exact) mass is 446 g/mol. The molecule has 172 valence electrons. The molecule has 2 atom stereocenters. The third kappa shape index (κ3) is 3.97. The molecule has 0 radical (unpaired) electrons. The summed E-state index contributed by atoms with van der Waals surface area (Å²) in [5, 5.41) is 4.16. The highest BCUT2D eigenvalue weighted by atomic mass is 16.7. The predicted octanol–water partition coefficient (Wildman–Crippen LogP) is 4.75. The van der Waals surface area contributed by atoms with Gasteiger partial charge in [0.2, 0.25) is 12.7 Å². The van der Waals surface area contributed by atoms with E-state index in [1.54, 1.807) is 0 Å². The second-order valence-electron chi connectivity index (χ2n) is 9.46. The Labute approximate surface area is 193 Å². The van der Waals surface area contributed by atoms with Crippen LogP contribution in [-0.4, -0.2) is 43.3 Å². The van der Waals surface area contributed by atoms with Crippen LogP contribution in [-0.2, 0) is 11.2 Å². The van der Waals surface area contributed by atoms with Crippen LogP contribution in [0, 0.1) is 5.92 Å². The zero-order valence-corrected chi connectivity index (χ0v) is 18.8. The summed E-state index contributed by atoms with van der Waals surface area (Å²) < 4.78 is 17.4. The fourth-order valence-corrected chi connectivity index (χ4v) is 5.82. The maximum atomic E-state index is 13.2. The third-order valence-electron chi connectivity index (χ3n) is 7.45. The van der Waals surface area contributed by atoms with Gasteiger partial charge < -0.3 is 24.1 Å². The molecule has 3 aliphatic rings. The molecule has 1 N–H and O–H groups in total. The number of carbonyl (C=O) groups excluding carboxylic acids is 1. The molecule has 2 aromatic carbocycles. The maximum Gasteiger partial charge on any atom is 0.231 e. The fraction of sp³-hybridized carbons (Fsp3) is 0.444. The molecular formula is C27H30N2O4. The Morgan fingerprint density at radius 3 is 2.70 bits per heavy atom. The summed E-state index contributed by atoms with van der Waals surface area (Å²) in [6.07, 6.45) is 6.59. The molecule has 6 rings (SSSR count). The molecule has 4 heterocycles. The van der Waals surface area contributed by atoms with E-state index in [0.29, 0.717) is 29.0 Å². The molecule has 2 saturated heterocycles. The van der Waals surface area contributed by atoms with Crippen molar-refractivity contribution >= 4 is 16.9 Å². The van der Waals surface area contributed by atoms with E-state index in [1.807, 2.05) is 42.5 Å². The molecular weight excluding hydrogens is 416 g/mol. The number of benzene rings is 2. The number of rotatable bonds is 5. The molecule has 0 bridgehead atoms. The van der Waals surface area contributed by atoms with Crippen LogP contribution < -0.4 is 14.8 Å². The number of amides is 1. The average Bonchev–Trinajstić information content (AvgIpc) is 3.46. The first kappa shape index (κ1) is 20.6. The van der Waals surface area contributed by atoms with Gasteiger partial charge in [0.05, 0.1) is 6.42 Å². The van der Waals surface area contributed by atoms with Crippen molar-refractivity contribution in [1.29, 1.82) is 0 Å². The van der Waals surface area contributed by atoms with E-state index in [9.17, 15) is 4.79 Å². The molecule has 6 nitrogen and oxygen atoms in total. The molecule has 1 amide bonds. The minimum absolute atomic E-state index is 0.0421. The first-order valence-electron chi connectivity index (χ1n) is 12.2. The van der Waals surface area contributed by atoms with Crippen LogP contribution >= 0.6 is 0 Å². The standard InChI is InChI=1S/C27H30N2O4/c30-26(28-16-19-9-6-12-29-11-5-4-10-22(19)29)14-21-20-13-24-25(32-17-31-24)15-23(20)33-27(21)18-7-2-1-3-8-18/h1-3,7-8,13,15,19,22H,4-6,9-12,14,16-17H2,(H,28,30)/t19-,22+/m0/s1. The van der Waals surface area contributed by atoms with E-state index in [1.165, 1.54) is 45.2 Å². The largest absolute Gasteiger partial charge is 0.456 e. The van der Waals surface area contributed by atoms with Crippen molar-refractivity contribution in [2.45, 2.75) is 44.6 Å². The lowest BCUT2D eigenvalue weighted by Gasteiger charge is -2.44. The van der Waals surface area contributed by atoms with Gasteiger partial charge in [0.15, 0.2) is 11.5 Å². The summed E-state index contributed by atoms with van der Waals surface area (Å²) in [6, 6.07) is 14.4. The molecule has 3 aliphatic heterocycles. The Kier molecular flexibility index (Phi) is 5.46. The highest BCUT2D eigenvalue weighted by Gasteiger charge is 2.33. The first-order chi connectivity index (χ1) is 16.3. The number of furan rings is 1. The first-order valence-corrected chi connectivity index (χ1v) is 12.2. The number of ether oxygens (including phenoxy) is 2. The lowest BCUT2D eigenvalue weighted by Crippen LogP contribution is -2.51. The normalized spacial score (nSPS) is 22.3. The quantitative estimate of drug-likeness (QED) is 0.613. The maximum absolute atomic E-state index is 13.2. The average molecular weight is 447 g/mol. The zero-order chi connectivity index (χ0) is 22.2. The van der Waals surface area contributed by atoms with Crippen molar-refractivity contribution in [1.82, 2.24) is 10.2 Å². The smallest absolute Gasteiger partial charge is 0.231 e. The van der Waals surface area contributed by atoms with E-state index in [0.717, 1.165) is 28.8 Å². The van der Waals surface area contributed by atoms with Crippen molar-refractivity contribution in [3.63, 3.8) is 0 Å². The number of nitrogens with zero attached hydrogens (tertiary/aromatic N) is 1. The van der Waals surface area contributed by atoms with E-state index < -0.39 is 0 Å². The number of hydrogen-bond acceptors (Lipinski definition) is 5. The van der Waals surface area contributed by atoms with Gasteiger partial charge in [-0.05, 0) is 50.8 Å². The van der Waals surface area contributed by atoms with E-state index in [4.69, 9.17) is 13.9 Å². The van der Waals surface area contributed by atoms with Crippen LogP contribution in [0.25, 0.3) is 22.3 Å².